The molecule has 0 spiro atoms. The van der Waals surface area contributed by atoms with Crippen molar-refractivity contribution >= 4 is 35.3 Å². The van der Waals surface area contributed by atoms with Crippen molar-refractivity contribution in [2.45, 2.75) is 26.2 Å². The number of amides is 1. The number of benzene rings is 1. The molecular formula is C14H21ClN4O. The molecule has 5 nitrogen and oxygen atoms in total. The number of nitrogens with one attached hydrogen (secondary N) is 1. The van der Waals surface area contributed by atoms with E-state index in [2.05, 4.69) is 16.9 Å². The summed E-state index contributed by atoms with van der Waals surface area (Å²) < 4.78 is 0. The molecule has 20 heavy (non-hydrogen) atoms. The Morgan fingerprint density at radius 3 is 2.75 bits per heavy atom. The van der Waals surface area contributed by atoms with Crippen LogP contribution in [-0.2, 0) is 4.79 Å². The third kappa shape index (κ3) is 4.13. The van der Waals surface area contributed by atoms with Crippen LogP contribution in [-0.4, -0.2) is 29.0 Å². The van der Waals surface area contributed by atoms with E-state index in [0.717, 1.165) is 42.8 Å². The summed E-state index contributed by atoms with van der Waals surface area (Å²) in [5.41, 5.74) is 7.19. The normalized spacial score (nSPS) is 10.2. The molecule has 0 saturated carbocycles. The molecule has 2 rings (SSSR count). The molecule has 110 valence electrons. The Labute approximate surface area is 125 Å². The number of imidazole rings is 1. The van der Waals surface area contributed by atoms with Gasteiger partial charge in [-0.15, -0.1) is 12.4 Å². The van der Waals surface area contributed by atoms with Crippen molar-refractivity contribution in [3.05, 3.63) is 24.3 Å². The molecule has 0 bridgehead atoms. The zero-order valence-electron chi connectivity index (χ0n) is 11.6. The number of para-hydroxylation sites is 2. The van der Waals surface area contributed by atoms with E-state index in [4.69, 9.17) is 5.73 Å². The highest BCUT2D eigenvalue weighted by Gasteiger charge is 2.13. The summed E-state index contributed by atoms with van der Waals surface area (Å²) in [6.45, 7) is 3.14. The molecule has 0 radical (unpaired) electrons. The summed E-state index contributed by atoms with van der Waals surface area (Å²) in [5, 5.41) is 0. The first-order valence-electron chi connectivity index (χ1n) is 6.68. The fourth-order valence-electron chi connectivity index (χ4n) is 2.09. The monoisotopic (exact) mass is 296 g/mol. The van der Waals surface area contributed by atoms with Crippen LogP contribution in [0, 0.1) is 0 Å². The molecule has 0 saturated heterocycles. The summed E-state index contributed by atoms with van der Waals surface area (Å²) in [6, 6.07) is 7.83. The van der Waals surface area contributed by atoms with Gasteiger partial charge in [-0.25, -0.2) is 4.98 Å². The largest absolute Gasteiger partial charge is 0.368 e. The van der Waals surface area contributed by atoms with Crippen molar-refractivity contribution in [1.82, 2.24) is 9.97 Å². The highest BCUT2D eigenvalue weighted by Crippen LogP contribution is 2.17. The molecule has 1 heterocycles. The number of aromatic nitrogens is 2. The summed E-state index contributed by atoms with van der Waals surface area (Å²) in [5.74, 6) is 0.382. The van der Waals surface area contributed by atoms with Crippen LogP contribution >= 0.6 is 12.4 Å². The predicted octanol–water partition coefficient (Wildman–Crippen LogP) is 2.47. The highest BCUT2D eigenvalue weighted by atomic mass is 35.5. The van der Waals surface area contributed by atoms with Crippen molar-refractivity contribution < 1.29 is 4.79 Å². The Bertz CT molecular complexity index is 522. The SMILES string of the molecule is CCCCCN(CC(N)=O)c1nc2ccccc2[nH]1.Cl. The van der Waals surface area contributed by atoms with Gasteiger partial charge < -0.3 is 15.6 Å². The van der Waals surface area contributed by atoms with E-state index in [1.807, 2.05) is 29.2 Å². The molecule has 0 aliphatic heterocycles. The smallest absolute Gasteiger partial charge is 0.237 e. The van der Waals surface area contributed by atoms with Crippen molar-refractivity contribution in [1.29, 1.82) is 0 Å². The number of primary amides is 1. The number of nitrogens with zero attached hydrogens (tertiary/aromatic N) is 2. The maximum absolute atomic E-state index is 11.2. The fraction of sp³-hybridized carbons (Fsp3) is 0.429. The van der Waals surface area contributed by atoms with Crippen LogP contribution in [0.4, 0.5) is 5.95 Å². The van der Waals surface area contributed by atoms with Gasteiger partial charge in [0.05, 0.1) is 17.6 Å². The molecule has 6 heteroatoms. The van der Waals surface area contributed by atoms with E-state index in [0.29, 0.717) is 0 Å². The zero-order chi connectivity index (χ0) is 13.7. The molecule has 1 aromatic carbocycles. The van der Waals surface area contributed by atoms with Gasteiger partial charge in [0.1, 0.15) is 0 Å². The minimum atomic E-state index is -0.336. The van der Waals surface area contributed by atoms with E-state index < -0.39 is 0 Å². The molecule has 3 N–H and O–H groups in total. The van der Waals surface area contributed by atoms with Gasteiger partial charge in [0.15, 0.2) is 0 Å². The summed E-state index contributed by atoms with van der Waals surface area (Å²) in [6.07, 6.45) is 3.31. The van der Waals surface area contributed by atoms with E-state index in [9.17, 15) is 4.79 Å². The van der Waals surface area contributed by atoms with Crippen LogP contribution in [0.3, 0.4) is 0 Å². The highest BCUT2D eigenvalue weighted by molar-refractivity contribution is 5.85. The second kappa shape index (κ2) is 7.75. The number of hydrogen-bond donors (Lipinski definition) is 2. The third-order valence-electron chi connectivity index (χ3n) is 3.05. The summed E-state index contributed by atoms with van der Waals surface area (Å²) in [4.78, 5) is 20.8. The number of aromatic amines is 1. The molecule has 0 fully saturated rings. The second-order valence-corrected chi connectivity index (χ2v) is 4.67. The first-order valence-corrected chi connectivity index (χ1v) is 6.68. The lowest BCUT2D eigenvalue weighted by Gasteiger charge is -2.19. The van der Waals surface area contributed by atoms with Gasteiger partial charge in [-0.05, 0) is 18.6 Å². The van der Waals surface area contributed by atoms with Gasteiger partial charge in [0, 0.05) is 6.54 Å². The standard InChI is InChI=1S/C14H20N4O.ClH/c1-2-3-6-9-18(10-13(15)19)14-16-11-7-4-5-8-12(11)17-14;/h4-5,7-8H,2-3,6,9-10H2,1H3,(H2,15,19)(H,16,17);1H. The average molecular weight is 297 g/mol. The van der Waals surface area contributed by atoms with Gasteiger partial charge in [0.2, 0.25) is 11.9 Å². The number of rotatable bonds is 7. The quantitative estimate of drug-likeness (QED) is 0.771. The molecule has 1 aromatic heterocycles. The number of carbonyl (C=O) groups is 1. The number of hydrogen-bond acceptors (Lipinski definition) is 3. The van der Waals surface area contributed by atoms with E-state index in [1.54, 1.807) is 0 Å². The Morgan fingerprint density at radius 1 is 1.35 bits per heavy atom. The molecular weight excluding hydrogens is 276 g/mol. The maximum atomic E-state index is 11.2. The molecule has 0 unspecified atom stereocenters. The number of carbonyl (C=O) groups excluding carboxylic acids is 1. The number of anilines is 1. The Balaban J connectivity index is 0.00000200. The summed E-state index contributed by atoms with van der Waals surface area (Å²) in [7, 11) is 0. The van der Waals surface area contributed by atoms with Crippen molar-refractivity contribution in [3.63, 3.8) is 0 Å². The number of H-pyrrole nitrogens is 1. The van der Waals surface area contributed by atoms with Crippen molar-refractivity contribution in [2.75, 3.05) is 18.0 Å². The number of unbranched alkanes of at least 4 members (excludes halogenated alkanes) is 2. The Morgan fingerprint density at radius 2 is 2.10 bits per heavy atom. The van der Waals surface area contributed by atoms with E-state index >= 15 is 0 Å². The first kappa shape index (κ1) is 16.3. The van der Waals surface area contributed by atoms with Crippen LogP contribution in [0.15, 0.2) is 24.3 Å². The van der Waals surface area contributed by atoms with Crippen molar-refractivity contribution in [2.24, 2.45) is 5.73 Å². The fourth-order valence-corrected chi connectivity index (χ4v) is 2.09. The zero-order valence-corrected chi connectivity index (χ0v) is 12.4. The van der Waals surface area contributed by atoms with Gasteiger partial charge in [-0.1, -0.05) is 31.9 Å². The van der Waals surface area contributed by atoms with Gasteiger partial charge in [-0.2, -0.15) is 0 Å². The molecule has 2 aromatic rings. The molecule has 0 atom stereocenters. The topological polar surface area (TPSA) is 75.0 Å². The number of nitrogens with two attached hydrogens (primary N) is 1. The predicted molar refractivity (Wildman–Crippen MR) is 84.3 cm³/mol. The molecule has 1 amide bonds. The van der Waals surface area contributed by atoms with Gasteiger partial charge >= 0.3 is 0 Å². The van der Waals surface area contributed by atoms with Crippen LogP contribution in [0.1, 0.15) is 26.2 Å². The van der Waals surface area contributed by atoms with Crippen LogP contribution in [0.5, 0.6) is 0 Å². The first-order chi connectivity index (χ1) is 9.20. The maximum Gasteiger partial charge on any atom is 0.237 e. The van der Waals surface area contributed by atoms with Gasteiger partial charge in [-0.3, -0.25) is 4.79 Å². The number of fused-ring (bicyclic) bond motifs is 1. The van der Waals surface area contributed by atoms with Gasteiger partial charge in [0.25, 0.3) is 0 Å². The molecule has 0 aliphatic carbocycles. The molecule has 0 aliphatic rings. The minimum absolute atomic E-state index is 0. The average Bonchev–Trinajstić information content (AvgIpc) is 2.81. The summed E-state index contributed by atoms with van der Waals surface area (Å²) >= 11 is 0. The van der Waals surface area contributed by atoms with Crippen LogP contribution in [0.2, 0.25) is 0 Å². The van der Waals surface area contributed by atoms with E-state index in [-0.39, 0.29) is 24.9 Å². The Kier molecular flexibility index (Phi) is 6.31. The number of halogens is 1. The second-order valence-electron chi connectivity index (χ2n) is 4.67. The Hall–Kier alpha value is -1.75. The lowest BCUT2D eigenvalue weighted by Crippen LogP contribution is -2.35. The lowest BCUT2D eigenvalue weighted by molar-refractivity contribution is -0.116. The van der Waals surface area contributed by atoms with E-state index in [1.165, 1.54) is 0 Å². The van der Waals surface area contributed by atoms with Crippen LogP contribution < -0.4 is 10.6 Å². The lowest BCUT2D eigenvalue weighted by atomic mass is 10.2. The van der Waals surface area contributed by atoms with Crippen LogP contribution in [0.25, 0.3) is 11.0 Å². The minimum Gasteiger partial charge on any atom is -0.368 e. The van der Waals surface area contributed by atoms with Crippen molar-refractivity contribution in [3.8, 4) is 0 Å². The third-order valence-corrected chi connectivity index (χ3v) is 3.05.